The highest BCUT2D eigenvalue weighted by Gasteiger charge is 2.28. The molecule has 0 saturated heterocycles. The van der Waals surface area contributed by atoms with Crippen molar-refractivity contribution in [3.05, 3.63) is 70.8 Å². The van der Waals surface area contributed by atoms with Crippen LogP contribution in [-0.2, 0) is 11.2 Å². The topological polar surface area (TPSA) is 96.9 Å². The number of allylic oxidation sites excluding steroid dienone is 1. The predicted molar refractivity (Wildman–Crippen MR) is 123 cm³/mol. The number of amides is 1. The summed E-state index contributed by atoms with van der Waals surface area (Å²) >= 11 is 0. The number of nitrogens with one attached hydrogen (secondary N) is 2. The van der Waals surface area contributed by atoms with E-state index in [2.05, 4.69) is 24.5 Å². The number of benzene rings is 2. The number of aliphatic hydroxyl groups excluding tert-OH is 1. The zero-order valence-electron chi connectivity index (χ0n) is 18.7. The number of methoxy groups -OCH3 is 1. The molecule has 2 aromatic carbocycles. The molecule has 0 saturated carbocycles. The van der Waals surface area contributed by atoms with Gasteiger partial charge in [-0.1, -0.05) is 18.2 Å². The van der Waals surface area contributed by atoms with Gasteiger partial charge in [0.05, 0.1) is 26.9 Å². The van der Waals surface area contributed by atoms with Crippen LogP contribution in [0.4, 0.5) is 0 Å². The van der Waals surface area contributed by atoms with Gasteiger partial charge in [0.1, 0.15) is 5.75 Å². The number of rotatable bonds is 9. The fraction of sp³-hybridized carbons (Fsp3) is 0.360. The van der Waals surface area contributed by atoms with Gasteiger partial charge in [-0.3, -0.25) is 9.59 Å². The predicted octanol–water partition coefficient (Wildman–Crippen LogP) is 2.58. The molecule has 1 aliphatic heterocycles. The first-order valence-electron chi connectivity index (χ1n) is 10.6. The van der Waals surface area contributed by atoms with Crippen LogP contribution in [0.25, 0.3) is 5.70 Å². The van der Waals surface area contributed by atoms with Crippen molar-refractivity contribution in [1.82, 2.24) is 10.6 Å². The molecule has 0 bridgehead atoms. The van der Waals surface area contributed by atoms with Gasteiger partial charge in [0.25, 0.3) is 5.91 Å². The summed E-state index contributed by atoms with van der Waals surface area (Å²) in [7, 11) is 1.62. The second kappa shape index (κ2) is 10.4. The second-order valence-electron chi connectivity index (χ2n) is 8.30. The van der Waals surface area contributed by atoms with E-state index in [1.165, 1.54) is 0 Å². The number of carbonyl (C=O) groups excluding carboxylic acids is 2. The third kappa shape index (κ3) is 5.96. The Morgan fingerprint density at radius 1 is 1.12 bits per heavy atom. The normalized spacial score (nSPS) is 15.6. The van der Waals surface area contributed by atoms with Crippen LogP contribution in [0.2, 0.25) is 0 Å². The van der Waals surface area contributed by atoms with Crippen molar-refractivity contribution in [3.63, 3.8) is 0 Å². The summed E-state index contributed by atoms with van der Waals surface area (Å²) in [6.07, 6.45) is 2.44. The summed E-state index contributed by atoms with van der Waals surface area (Å²) < 4.78 is 10.5. The molecule has 2 aromatic rings. The van der Waals surface area contributed by atoms with Crippen LogP contribution in [0.3, 0.4) is 0 Å². The smallest absolute Gasteiger partial charge is 0.251 e. The molecule has 1 amide bonds. The molecule has 0 radical (unpaired) electrons. The molecule has 1 heterocycles. The largest absolute Gasteiger partial charge is 0.497 e. The molecule has 0 aliphatic carbocycles. The van der Waals surface area contributed by atoms with Gasteiger partial charge in [-0.05, 0) is 50.1 Å². The first-order valence-corrected chi connectivity index (χ1v) is 10.6. The fourth-order valence-corrected chi connectivity index (χ4v) is 3.66. The fourth-order valence-electron chi connectivity index (χ4n) is 3.66. The lowest BCUT2D eigenvalue weighted by molar-refractivity contribution is 0.0837. The van der Waals surface area contributed by atoms with Crippen molar-refractivity contribution in [3.8, 4) is 5.75 Å². The first-order chi connectivity index (χ1) is 15.3. The zero-order chi connectivity index (χ0) is 23.1. The molecule has 0 unspecified atom stereocenters. The Bertz CT molecular complexity index is 996. The summed E-state index contributed by atoms with van der Waals surface area (Å²) in [6, 6.07) is 12.5. The highest BCUT2D eigenvalue weighted by Crippen LogP contribution is 2.32. The highest BCUT2D eigenvalue weighted by molar-refractivity contribution is 6.09. The Morgan fingerprint density at radius 3 is 2.53 bits per heavy atom. The summed E-state index contributed by atoms with van der Waals surface area (Å²) in [6.45, 7) is 5.06. The number of ketones is 1. The van der Waals surface area contributed by atoms with Crippen molar-refractivity contribution < 1.29 is 24.2 Å². The summed E-state index contributed by atoms with van der Waals surface area (Å²) in [4.78, 5) is 25.2. The molecule has 0 fully saturated rings. The molecule has 32 heavy (non-hydrogen) atoms. The number of hydrogen-bond donors (Lipinski definition) is 3. The Kier molecular flexibility index (Phi) is 7.66. The quantitative estimate of drug-likeness (QED) is 0.316. The maximum absolute atomic E-state index is 13.0. The van der Waals surface area contributed by atoms with E-state index in [1.54, 1.807) is 37.5 Å². The van der Waals surface area contributed by atoms with Gasteiger partial charge in [0.15, 0.2) is 5.78 Å². The minimum atomic E-state index is -0.244. The number of aliphatic hydroxyl groups is 1. The number of carbonyl (C=O) groups is 2. The monoisotopic (exact) mass is 438 g/mol. The average Bonchev–Trinajstić information content (AvgIpc) is 2.78. The molecule has 0 aromatic heterocycles. The van der Waals surface area contributed by atoms with Crippen LogP contribution >= 0.6 is 0 Å². The van der Waals surface area contributed by atoms with Gasteiger partial charge in [0.2, 0.25) is 0 Å². The van der Waals surface area contributed by atoms with Crippen LogP contribution in [-0.4, -0.2) is 55.8 Å². The van der Waals surface area contributed by atoms with E-state index < -0.39 is 0 Å². The third-order valence-corrected chi connectivity index (χ3v) is 5.19. The van der Waals surface area contributed by atoms with E-state index in [0.717, 1.165) is 29.0 Å². The summed E-state index contributed by atoms with van der Waals surface area (Å²) in [5.41, 5.74) is 3.64. The maximum atomic E-state index is 13.0. The molecule has 7 nitrogen and oxygen atoms in total. The highest BCUT2D eigenvalue weighted by atomic mass is 16.5. The lowest BCUT2D eigenvalue weighted by Crippen LogP contribution is -2.43. The van der Waals surface area contributed by atoms with E-state index in [9.17, 15) is 9.59 Å². The van der Waals surface area contributed by atoms with Gasteiger partial charge >= 0.3 is 0 Å². The Balaban J connectivity index is 1.73. The maximum Gasteiger partial charge on any atom is 0.251 e. The van der Waals surface area contributed by atoms with Gasteiger partial charge < -0.3 is 25.2 Å². The standard InChI is InChI=1S/C25H30N2O5/c1-25(2)16-19-8-9-20(31-3)14-21(19)22(27-25)15-23(29)17-4-6-18(7-5-17)24(30)26-10-12-32-13-11-28/h4-9,14-15,27-28H,10-13,16H2,1-3H3,(H,26,30)/b22-15-. The van der Waals surface area contributed by atoms with Crippen molar-refractivity contribution in [1.29, 1.82) is 0 Å². The van der Waals surface area contributed by atoms with E-state index in [1.807, 2.05) is 18.2 Å². The third-order valence-electron chi connectivity index (χ3n) is 5.19. The Hall–Kier alpha value is -3.16. The minimum Gasteiger partial charge on any atom is -0.497 e. The minimum absolute atomic E-state index is 0.0499. The van der Waals surface area contributed by atoms with Crippen LogP contribution in [0.1, 0.15) is 45.7 Å². The molecule has 170 valence electrons. The molecule has 3 rings (SSSR count). The Labute approximate surface area is 188 Å². The number of ether oxygens (including phenoxy) is 2. The molecular formula is C25H30N2O5. The molecule has 3 N–H and O–H groups in total. The van der Waals surface area contributed by atoms with Gasteiger partial charge in [0, 0.05) is 40.5 Å². The van der Waals surface area contributed by atoms with Crippen molar-refractivity contribution in [2.24, 2.45) is 0 Å². The molecular weight excluding hydrogens is 408 g/mol. The van der Waals surface area contributed by atoms with Crippen molar-refractivity contribution >= 4 is 17.4 Å². The van der Waals surface area contributed by atoms with Crippen LogP contribution in [0, 0.1) is 0 Å². The molecule has 1 aliphatic rings. The summed E-state index contributed by atoms with van der Waals surface area (Å²) in [5, 5.41) is 14.9. The van der Waals surface area contributed by atoms with Crippen LogP contribution in [0.15, 0.2) is 48.5 Å². The van der Waals surface area contributed by atoms with Gasteiger partial charge in [-0.2, -0.15) is 0 Å². The van der Waals surface area contributed by atoms with E-state index in [-0.39, 0.29) is 30.4 Å². The zero-order valence-corrected chi connectivity index (χ0v) is 18.7. The van der Waals surface area contributed by atoms with E-state index >= 15 is 0 Å². The van der Waals surface area contributed by atoms with Gasteiger partial charge in [-0.25, -0.2) is 0 Å². The van der Waals surface area contributed by atoms with E-state index in [4.69, 9.17) is 14.6 Å². The lowest BCUT2D eigenvalue weighted by atomic mass is 9.85. The van der Waals surface area contributed by atoms with Crippen molar-refractivity contribution in [2.45, 2.75) is 25.8 Å². The van der Waals surface area contributed by atoms with Crippen molar-refractivity contribution in [2.75, 3.05) is 33.5 Å². The molecule has 0 spiro atoms. The van der Waals surface area contributed by atoms with E-state index in [0.29, 0.717) is 24.3 Å². The molecule has 0 atom stereocenters. The van der Waals surface area contributed by atoms with Gasteiger partial charge in [-0.15, -0.1) is 0 Å². The SMILES string of the molecule is COc1ccc2c(c1)/C(=C/C(=O)c1ccc(C(=O)NCCOCCO)cc1)NC(C)(C)C2. The lowest BCUT2D eigenvalue weighted by Gasteiger charge is -2.35. The Morgan fingerprint density at radius 2 is 1.84 bits per heavy atom. The average molecular weight is 439 g/mol. The number of fused-ring (bicyclic) bond motifs is 1. The number of hydrogen-bond acceptors (Lipinski definition) is 6. The van der Waals surface area contributed by atoms with Crippen LogP contribution < -0.4 is 15.4 Å². The second-order valence-corrected chi connectivity index (χ2v) is 8.30. The first kappa shape index (κ1) is 23.5. The van der Waals surface area contributed by atoms with Crippen LogP contribution in [0.5, 0.6) is 5.75 Å². The molecule has 7 heteroatoms. The summed E-state index contributed by atoms with van der Waals surface area (Å²) in [5.74, 6) is 0.343.